The molecule has 108 valence electrons. The quantitative estimate of drug-likeness (QED) is 0.653. The Balaban J connectivity index is 2.22. The average Bonchev–Trinajstić information content (AvgIpc) is 2.78. The van der Waals surface area contributed by atoms with E-state index in [9.17, 15) is 4.79 Å². The van der Waals surface area contributed by atoms with E-state index >= 15 is 0 Å². The number of nitrogens with one attached hydrogen (secondary N) is 2. The van der Waals surface area contributed by atoms with E-state index in [-0.39, 0.29) is 5.91 Å². The summed E-state index contributed by atoms with van der Waals surface area (Å²) in [5.74, 6) is 1.56. The Hall–Kier alpha value is -1.43. The fraction of sp³-hybridized carbons (Fsp3) is 0.769. The molecule has 0 atom stereocenters. The van der Waals surface area contributed by atoms with Gasteiger partial charge in [0.1, 0.15) is 12.2 Å². The van der Waals surface area contributed by atoms with Crippen LogP contribution in [0.25, 0.3) is 0 Å². The van der Waals surface area contributed by atoms with Gasteiger partial charge in [-0.1, -0.05) is 20.8 Å². The average molecular weight is 267 g/mol. The highest BCUT2D eigenvalue weighted by molar-refractivity contribution is 5.75. The highest BCUT2D eigenvalue weighted by atomic mass is 16.1. The van der Waals surface area contributed by atoms with Gasteiger partial charge in [0.2, 0.25) is 5.91 Å². The van der Waals surface area contributed by atoms with Crippen molar-refractivity contribution in [3.05, 3.63) is 12.2 Å². The first-order chi connectivity index (χ1) is 9.13. The third-order valence-corrected chi connectivity index (χ3v) is 2.62. The van der Waals surface area contributed by atoms with Crippen LogP contribution in [0.3, 0.4) is 0 Å². The molecule has 0 aliphatic carbocycles. The summed E-state index contributed by atoms with van der Waals surface area (Å²) in [5, 5.41) is 10.3. The topological polar surface area (TPSA) is 71.8 Å². The number of hydrogen-bond acceptors (Lipinski definition) is 4. The lowest BCUT2D eigenvalue weighted by molar-refractivity contribution is -0.120. The van der Waals surface area contributed by atoms with Gasteiger partial charge in [0.25, 0.3) is 0 Å². The first kappa shape index (κ1) is 15.6. The van der Waals surface area contributed by atoms with Crippen molar-refractivity contribution in [2.45, 2.75) is 46.7 Å². The van der Waals surface area contributed by atoms with E-state index in [2.05, 4.69) is 34.6 Å². The van der Waals surface area contributed by atoms with E-state index in [1.54, 1.807) is 6.33 Å². The van der Waals surface area contributed by atoms with Gasteiger partial charge in [-0.2, -0.15) is 5.10 Å². The minimum atomic E-state index is 0.0954. The smallest absolute Gasteiger partial charge is 0.221 e. The molecule has 1 rings (SSSR count). The van der Waals surface area contributed by atoms with Crippen LogP contribution >= 0.6 is 0 Å². The van der Waals surface area contributed by atoms with Crippen LogP contribution in [-0.4, -0.2) is 33.8 Å². The molecule has 6 heteroatoms. The predicted octanol–water partition coefficient (Wildman–Crippen LogP) is 0.940. The summed E-state index contributed by atoms with van der Waals surface area (Å²) in [6, 6.07) is 0. The fourth-order valence-electron chi connectivity index (χ4n) is 1.68. The Morgan fingerprint density at radius 1 is 1.42 bits per heavy atom. The predicted molar refractivity (Wildman–Crippen MR) is 74.5 cm³/mol. The van der Waals surface area contributed by atoms with Crippen LogP contribution < -0.4 is 10.6 Å². The number of aromatic nitrogens is 3. The maximum Gasteiger partial charge on any atom is 0.221 e. The zero-order chi connectivity index (χ0) is 14.1. The van der Waals surface area contributed by atoms with Crippen LogP contribution in [0.5, 0.6) is 0 Å². The fourth-order valence-corrected chi connectivity index (χ4v) is 1.68. The van der Waals surface area contributed by atoms with Crippen LogP contribution in [0, 0.1) is 5.92 Å². The van der Waals surface area contributed by atoms with Gasteiger partial charge < -0.3 is 10.6 Å². The summed E-state index contributed by atoms with van der Waals surface area (Å²) in [6.07, 6.45) is 3.04. The summed E-state index contributed by atoms with van der Waals surface area (Å²) in [6.45, 7) is 9.27. The first-order valence-corrected chi connectivity index (χ1v) is 6.97. The highest BCUT2D eigenvalue weighted by Crippen LogP contribution is 2.00. The van der Waals surface area contributed by atoms with Gasteiger partial charge in [-0.25, -0.2) is 9.67 Å². The SMILES string of the molecule is CCCNC(=O)CCNCc1ncnn1CC(C)C. The molecule has 0 bridgehead atoms. The molecule has 0 radical (unpaired) electrons. The van der Waals surface area contributed by atoms with E-state index in [4.69, 9.17) is 0 Å². The Kier molecular flexibility index (Phi) is 7.10. The number of hydrogen-bond donors (Lipinski definition) is 2. The largest absolute Gasteiger partial charge is 0.356 e. The van der Waals surface area contributed by atoms with Gasteiger partial charge >= 0.3 is 0 Å². The van der Waals surface area contributed by atoms with Crippen molar-refractivity contribution in [3.8, 4) is 0 Å². The first-order valence-electron chi connectivity index (χ1n) is 6.97. The second-order valence-corrected chi connectivity index (χ2v) is 5.03. The summed E-state index contributed by atoms with van der Waals surface area (Å²) in [7, 11) is 0. The number of carbonyl (C=O) groups is 1. The molecule has 0 aliphatic heterocycles. The number of carbonyl (C=O) groups excluding carboxylic acids is 1. The Morgan fingerprint density at radius 2 is 2.21 bits per heavy atom. The third kappa shape index (κ3) is 6.33. The van der Waals surface area contributed by atoms with E-state index in [1.165, 1.54) is 0 Å². The van der Waals surface area contributed by atoms with Gasteiger partial charge in [-0.15, -0.1) is 0 Å². The molecule has 1 aromatic rings. The zero-order valence-electron chi connectivity index (χ0n) is 12.1. The van der Waals surface area contributed by atoms with Crippen molar-refractivity contribution in [3.63, 3.8) is 0 Å². The minimum absolute atomic E-state index is 0.0954. The number of amides is 1. The second kappa shape index (κ2) is 8.63. The van der Waals surface area contributed by atoms with Crippen molar-refractivity contribution in [2.24, 2.45) is 5.92 Å². The lowest BCUT2D eigenvalue weighted by atomic mass is 10.2. The normalized spacial score (nSPS) is 10.9. The van der Waals surface area contributed by atoms with Crippen LogP contribution in [0.4, 0.5) is 0 Å². The number of nitrogens with zero attached hydrogens (tertiary/aromatic N) is 3. The molecule has 0 aliphatic rings. The minimum Gasteiger partial charge on any atom is -0.356 e. The molecule has 0 saturated carbocycles. The van der Waals surface area contributed by atoms with Gasteiger partial charge in [0, 0.05) is 26.1 Å². The van der Waals surface area contributed by atoms with Crippen molar-refractivity contribution in [2.75, 3.05) is 13.1 Å². The van der Waals surface area contributed by atoms with Gasteiger partial charge in [0.05, 0.1) is 6.54 Å². The third-order valence-electron chi connectivity index (χ3n) is 2.62. The molecular weight excluding hydrogens is 242 g/mol. The standard InChI is InChI=1S/C13H25N5O/c1-4-6-15-13(19)5-7-14-8-12-16-10-17-18(12)9-11(2)3/h10-11,14H,4-9H2,1-3H3,(H,15,19). The summed E-state index contributed by atoms with van der Waals surface area (Å²) < 4.78 is 1.91. The highest BCUT2D eigenvalue weighted by Gasteiger charge is 2.06. The van der Waals surface area contributed by atoms with Crippen molar-refractivity contribution in [1.29, 1.82) is 0 Å². The van der Waals surface area contributed by atoms with Crippen LogP contribution in [0.1, 0.15) is 39.4 Å². The molecule has 0 saturated heterocycles. The second-order valence-electron chi connectivity index (χ2n) is 5.03. The lowest BCUT2D eigenvalue weighted by Crippen LogP contribution is -2.28. The molecule has 1 heterocycles. The van der Waals surface area contributed by atoms with Crippen molar-refractivity contribution < 1.29 is 4.79 Å². The van der Waals surface area contributed by atoms with E-state index < -0.39 is 0 Å². The van der Waals surface area contributed by atoms with E-state index in [0.717, 1.165) is 25.3 Å². The summed E-state index contributed by atoms with van der Waals surface area (Å²) in [5.41, 5.74) is 0. The number of rotatable bonds is 9. The Labute approximate surface area is 115 Å². The summed E-state index contributed by atoms with van der Waals surface area (Å²) >= 11 is 0. The molecule has 0 fully saturated rings. The van der Waals surface area contributed by atoms with Crippen LogP contribution in [0.15, 0.2) is 6.33 Å². The molecule has 1 aromatic heterocycles. The van der Waals surface area contributed by atoms with Crippen molar-refractivity contribution >= 4 is 5.91 Å². The molecular formula is C13H25N5O. The molecule has 2 N–H and O–H groups in total. The molecule has 6 nitrogen and oxygen atoms in total. The van der Waals surface area contributed by atoms with Crippen molar-refractivity contribution in [1.82, 2.24) is 25.4 Å². The molecule has 0 unspecified atom stereocenters. The van der Waals surface area contributed by atoms with Gasteiger partial charge in [0.15, 0.2) is 0 Å². The maximum absolute atomic E-state index is 11.4. The van der Waals surface area contributed by atoms with E-state index in [0.29, 0.717) is 25.4 Å². The molecule has 0 spiro atoms. The summed E-state index contributed by atoms with van der Waals surface area (Å²) in [4.78, 5) is 15.6. The molecule has 0 aromatic carbocycles. The van der Waals surface area contributed by atoms with Gasteiger partial charge in [-0.3, -0.25) is 4.79 Å². The van der Waals surface area contributed by atoms with Crippen LogP contribution in [0.2, 0.25) is 0 Å². The zero-order valence-corrected chi connectivity index (χ0v) is 12.1. The molecule has 19 heavy (non-hydrogen) atoms. The lowest BCUT2D eigenvalue weighted by Gasteiger charge is -2.09. The monoisotopic (exact) mass is 267 g/mol. The Morgan fingerprint density at radius 3 is 2.89 bits per heavy atom. The Bertz CT molecular complexity index is 375. The van der Waals surface area contributed by atoms with Crippen LogP contribution in [-0.2, 0) is 17.9 Å². The van der Waals surface area contributed by atoms with E-state index in [1.807, 2.05) is 11.6 Å². The van der Waals surface area contributed by atoms with Gasteiger partial charge in [-0.05, 0) is 12.3 Å². The molecule has 1 amide bonds. The maximum atomic E-state index is 11.4.